The Labute approximate surface area is 134 Å². The lowest BCUT2D eigenvalue weighted by atomic mass is 9.58. The fraction of sp³-hybridized carbons (Fsp3) is 0.579. The highest BCUT2D eigenvalue weighted by atomic mass is 16.3. The van der Waals surface area contributed by atoms with Crippen molar-refractivity contribution in [3.63, 3.8) is 0 Å². The lowest BCUT2D eigenvalue weighted by molar-refractivity contribution is -0.154. The van der Waals surface area contributed by atoms with E-state index in [1.165, 1.54) is 24.8 Å². The van der Waals surface area contributed by atoms with Gasteiger partial charge < -0.3 is 9.51 Å². The summed E-state index contributed by atoms with van der Waals surface area (Å²) in [7, 11) is 0. The second-order valence-electron chi connectivity index (χ2n) is 8.10. The molecule has 0 saturated heterocycles. The minimum absolute atomic E-state index is 0.00573. The number of carbonyl (C=O) groups excluding carboxylic acids is 1. The number of carbonyl (C=O) groups is 1. The number of aliphatic hydroxyl groups is 1. The van der Waals surface area contributed by atoms with Gasteiger partial charge in [-0.05, 0) is 61.5 Å². The quantitative estimate of drug-likeness (QED) is 0.948. The Bertz CT molecular complexity index is 852. The van der Waals surface area contributed by atoms with Gasteiger partial charge in [0.05, 0.1) is 29.7 Å². The third kappa shape index (κ3) is 1.38. The van der Waals surface area contributed by atoms with Crippen LogP contribution >= 0.6 is 0 Å². The standard InChI is InChI=1S/C19H20N2O2/c22-17(15-14-6-3-11-7-19(11,14)18(15)23)16-13(10-1-2-10)5-4-12-8-20-9-21(12)16/h4-5,8-11,14-15,17,22H,1-3,6-7H2. The van der Waals surface area contributed by atoms with Gasteiger partial charge in [0.15, 0.2) is 0 Å². The molecule has 5 unspecified atom stereocenters. The van der Waals surface area contributed by atoms with E-state index in [1.807, 2.05) is 10.6 Å². The number of aromatic nitrogens is 2. The summed E-state index contributed by atoms with van der Waals surface area (Å²) in [6.45, 7) is 0. The van der Waals surface area contributed by atoms with Crippen LogP contribution in [0.1, 0.15) is 55.4 Å². The molecule has 1 spiro atoms. The molecule has 4 aliphatic carbocycles. The van der Waals surface area contributed by atoms with Crippen molar-refractivity contribution in [3.05, 3.63) is 35.9 Å². The number of fused-ring (bicyclic) bond motifs is 1. The number of hydrogen-bond donors (Lipinski definition) is 1. The summed E-state index contributed by atoms with van der Waals surface area (Å²) < 4.78 is 2.01. The third-order valence-corrected chi connectivity index (χ3v) is 7.13. The van der Waals surface area contributed by atoms with Gasteiger partial charge in [0.2, 0.25) is 0 Å². The molecule has 0 amide bonds. The highest BCUT2D eigenvalue weighted by Crippen LogP contribution is 2.77. The number of nitrogens with zero attached hydrogens (tertiary/aromatic N) is 2. The van der Waals surface area contributed by atoms with Gasteiger partial charge in [-0.15, -0.1) is 0 Å². The van der Waals surface area contributed by atoms with Crippen LogP contribution in [0.5, 0.6) is 0 Å². The van der Waals surface area contributed by atoms with E-state index in [4.69, 9.17) is 0 Å². The summed E-state index contributed by atoms with van der Waals surface area (Å²) >= 11 is 0. The number of pyridine rings is 1. The zero-order valence-corrected chi connectivity index (χ0v) is 13.0. The summed E-state index contributed by atoms with van der Waals surface area (Å²) in [6, 6.07) is 4.22. The number of ketones is 1. The maximum Gasteiger partial charge on any atom is 0.145 e. The van der Waals surface area contributed by atoms with Crippen LogP contribution in [-0.4, -0.2) is 20.3 Å². The molecule has 6 rings (SSSR count). The molecule has 118 valence electrons. The number of hydrogen-bond acceptors (Lipinski definition) is 3. The number of rotatable bonds is 3. The summed E-state index contributed by atoms with van der Waals surface area (Å²) in [6.07, 6.45) is 8.70. The minimum atomic E-state index is -0.675. The van der Waals surface area contributed by atoms with E-state index in [9.17, 15) is 9.90 Å². The van der Waals surface area contributed by atoms with Crippen molar-refractivity contribution in [2.75, 3.05) is 0 Å². The van der Waals surface area contributed by atoms with Crippen molar-refractivity contribution < 1.29 is 9.90 Å². The molecule has 4 fully saturated rings. The van der Waals surface area contributed by atoms with E-state index < -0.39 is 6.10 Å². The SMILES string of the molecule is O=C1C(C(O)c2c(C3CC3)ccc3cncn23)C2CCC3CC132. The third-order valence-electron chi connectivity index (χ3n) is 7.13. The fourth-order valence-corrected chi connectivity index (χ4v) is 5.80. The van der Waals surface area contributed by atoms with Gasteiger partial charge in [-0.1, -0.05) is 6.07 Å². The second kappa shape index (κ2) is 3.86. The van der Waals surface area contributed by atoms with Gasteiger partial charge >= 0.3 is 0 Å². The first kappa shape index (κ1) is 12.7. The number of imidazole rings is 1. The van der Waals surface area contributed by atoms with Crippen LogP contribution in [0.4, 0.5) is 0 Å². The van der Waals surface area contributed by atoms with Gasteiger partial charge in [0.25, 0.3) is 0 Å². The molecule has 2 aromatic heterocycles. The smallest absolute Gasteiger partial charge is 0.145 e. The highest BCUT2D eigenvalue weighted by Gasteiger charge is 2.78. The van der Waals surface area contributed by atoms with E-state index in [0.717, 1.165) is 24.1 Å². The van der Waals surface area contributed by atoms with Crippen molar-refractivity contribution in [2.24, 2.45) is 23.2 Å². The molecule has 5 atom stereocenters. The van der Waals surface area contributed by atoms with Crippen LogP contribution < -0.4 is 0 Å². The molecule has 1 N–H and O–H groups in total. The topological polar surface area (TPSA) is 54.6 Å². The lowest BCUT2D eigenvalue weighted by Gasteiger charge is -2.44. The maximum absolute atomic E-state index is 12.8. The summed E-state index contributed by atoms with van der Waals surface area (Å²) in [5.74, 6) is 1.76. The van der Waals surface area contributed by atoms with E-state index >= 15 is 0 Å². The Balaban J connectivity index is 1.47. The molecule has 0 radical (unpaired) electrons. The van der Waals surface area contributed by atoms with Gasteiger partial charge in [-0.2, -0.15) is 0 Å². The van der Waals surface area contributed by atoms with Gasteiger partial charge in [-0.3, -0.25) is 4.79 Å². The molecule has 0 aromatic carbocycles. The predicted octanol–water partition coefficient (Wildman–Crippen LogP) is 2.86. The minimum Gasteiger partial charge on any atom is -0.386 e. The Hall–Kier alpha value is -1.68. The van der Waals surface area contributed by atoms with Crippen molar-refractivity contribution >= 4 is 11.3 Å². The predicted molar refractivity (Wildman–Crippen MR) is 83.9 cm³/mol. The van der Waals surface area contributed by atoms with E-state index in [1.54, 1.807) is 6.33 Å². The zero-order valence-electron chi connectivity index (χ0n) is 13.0. The second-order valence-corrected chi connectivity index (χ2v) is 8.10. The molecule has 4 aliphatic rings. The van der Waals surface area contributed by atoms with Gasteiger partial charge in [0, 0.05) is 5.41 Å². The molecule has 0 bridgehead atoms. The molecule has 4 heteroatoms. The van der Waals surface area contributed by atoms with Crippen molar-refractivity contribution in [3.8, 4) is 0 Å². The Morgan fingerprint density at radius 1 is 1.26 bits per heavy atom. The van der Waals surface area contributed by atoms with Crippen LogP contribution in [0.2, 0.25) is 0 Å². The van der Waals surface area contributed by atoms with E-state index in [-0.39, 0.29) is 11.3 Å². The van der Waals surface area contributed by atoms with Crippen LogP contribution in [0, 0.1) is 23.2 Å². The molecular weight excluding hydrogens is 288 g/mol. The maximum atomic E-state index is 12.8. The van der Waals surface area contributed by atoms with Crippen molar-refractivity contribution in [1.82, 2.24) is 9.38 Å². The van der Waals surface area contributed by atoms with Crippen LogP contribution in [0.25, 0.3) is 5.52 Å². The molecule has 23 heavy (non-hydrogen) atoms. The van der Waals surface area contributed by atoms with Crippen LogP contribution in [0.15, 0.2) is 24.7 Å². The monoisotopic (exact) mass is 308 g/mol. The molecule has 4 nitrogen and oxygen atoms in total. The lowest BCUT2D eigenvalue weighted by Crippen LogP contribution is -2.51. The van der Waals surface area contributed by atoms with Gasteiger partial charge in [-0.25, -0.2) is 4.98 Å². The summed E-state index contributed by atoms with van der Waals surface area (Å²) in [5.41, 5.74) is 3.15. The Kier molecular flexibility index (Phi) is 2.13. The first-order chi connectivity index (χ1) is 11.2. The van der Waals surface area contributed by atoms with E-state index in [2.05, 4.69) is 17.1 Å². The van der Waals surface area contributed by atoms with Gasteiger partial charge in [0.1, 0.15) is 11.9 Å². The average Bonchev–Trinajstić information content (AvgIpc) is 3.46. The molecule has 2 aromatic rings. The summed E-state index contributed by atoms with van der Waals surface area (Å²) in [5, 5.41) is 11.2. The highest BCUT2D eigenvalue weighted by molar-refractivity contribution is 5.98. The molecule has 2 heterocycles. The average molecular weight is 308 g/mol. The van der Waals surface area contributed by atoms with Crippen molar-refractivity contribution in [2.45, 2.75) is 44.1 Å². The largest absolute Gasteiger partial charge is 0.386 e. The molecule has 0 aliphatic heterocycles. The van der Waals surface area contributed by atoms with Crippen LogP contribution in [0.3, 0.4) is 0 Å². The summed E-state index contributed by atoms with van der Waals surface area (Å²) in [4.78, 5) is 17.1. The van der Waals surface area contributed by atoms with E-state index in [0.29, 0.717) is 23.5 Å². The first-order valence-electron chi connectivity index (χ1n) is 8.89. The number of aliphatic hydroxyl groups excluding tert-OH is 1. The van der Waals surface area contributed by atoms with Crippen LogP contribution in [-0.2, 0) is 4.79 Å². The zero-order chi connectivity index (χ0) is 15.3. The number of Topliss-reactive ketones (excluding diaryl/α,β-unsaturated/α-hetero) is 1. The first-order valence-corrected chi connectivity index (χ1v) is 8.89. The Morgan fingerprint density at radius 3 is 2.91 bits per heavy atom. The molecule has 4 saturated carbocycles. The Morgan fingerprint density at radius 2 is 2.13 bits per heavy atom. The van der Waals surface area contributed by atoms with Crippen molar-refractivity contribution in [1.29, 1.82) is 0 Å². The normalized spacial score (nSPS) is 39.0. The molecular formula is C19H20N2O2. The fourth-order valence-electron chi connectivity index (χ4n) is 5.80.